The zero-order valence-corrected chi connectivity index (χ0v) is 16.3. The van der Waals surface area contributed by atoms with Gasteiger partial charge in [-0.05, 0) is 30.8 Å². The fraction of sp³-hybridized carbons (Fsp3) is 0.318. The fourth-order valence-electron chi connectivity index (χ4n) is 3.74. The van der Waals surface area contributed by atoms with Crippen molar-refractivity contribution in [2.45, 2.75) is 13.5 Å². The van der Waals surface area contributed by atoms with E-state index in [9.17, 15) is 14.0 Å². The molecule has 1 fully saturated rings. The molecule has 0 unspecified atom stereocenters. The number of benzene rings is 1. The van der Waals surface area contributed by atoms with E-state index in [-0.39, 0.29) is 18.0 Å². The second-order valence-corrected chi connectivity index (χ2v) is 7.18. The summed E-state index contributed by atoms with van der Waals surface area (Å²) >= 11 is 0. The third-order valence-electron chi connectivity index (χ3n) is 5.47. The molecule has 150 valence electrons. The lowest BCUT2D eigenvalue weighted by Gasteiger charge is -2.34. The maximum absolute atomic E-state index is 14.2. The molecule has 0 saturated carbocycles. The molecule has 1 amide bonds. The maximum Gasteiger partial charge on any atom is 0.265 e. The van der Waals surface area contributed by atoms with Crippen molar-refractivity contribution in [3.05, 3.63) is 76.0 Å². The quantitative estimate of drug-likeness (QED) is 0.682. The third-order valence-corrected chi connectivity index (χ3v) is 5.47. The fourth-order valence-corrected chi connectivity index (χ4v) is 3.74. The topological polar surface area (TPSA) is 58.4 Å². The van der Waals surface area contributed by atoms with E-state index in [1.807, 2.05) is 6.07 Å². The van der Waals surface area contributed by atoms with Gasteiger partial charge in [-0.2, -0.15) is 0 Å². The molecule has 7 heteroatoms. The number of rotatable bonds is 4. The monoisotopic (exact) mass is 394 g/mol. The Balaban J connectivity index is 1.76. The molecule has 0 atom stereocenters. The highest BCUT2D eigenvalue weighted by Gasteiger charge is 2.25. The standard InChI is InChI=1S/C22H23FN4O2/c1-2-25-10-12-26(13-11-25)21(28)18-14-16-7-5-9-24-20(16)27(22(18)29)15-17-6-3-4-8-19(17)23/h3-9,14H,2,10-13,15H2,1H3. The van der Waals surface area contributed by atoms with Crippen molar-refractivity contribution in [3.63, 3.8) is 0 Å². The van der Waals surface area contributed by atoms with E-state index in [1.165, 1.54) is 10.6 Å². The second kappa shape index (κ2) is 8.13. The van der Waals surface area contributed by atoms with Crippen LogP contribution in [0.25, 0.3) is 11.0 Å². The third kappa shape index (κ3) is 3.78. The summed E-state index contributed by atoms with van der Waals surface area (Å²) in [5.74, 6) is -0.672. The Morgan fingerprint density at radius 2 is 1.86 bits per heavy atom. The number of carbonyl (C=O) groups excluding carboxylic acids is 1. The highest BCUT2D eigenvalue weighted by Crippen LogP contribution is 2.16. The Morgan fingerprint density at radius 1 is 1.10 bits per heavy atom. The van der Waals surface area contributed by atoms with Crippen LogP contribution in [0, 0.1) is 5.82 Å². The molecule has 29 heavy (non-hydrogen) atoms. The number of piperazine rings is 1. The van der Waals surface area contributed by atoms with Crippen molar-refractivity contribution in [1.29, 1.82) is 0 Å². The van der Waals surface area contributed by atoms with Crippen molar-refractivity contribution >= 4 is 16.9 Å². The molecule has 0 radical (unpaired) electrons. The smallest absolute Gasteiger partial charge is 0.265 e. The van der Waals surface area contributed by atoms with Gasteiger partial charge in [0.05, 0.1) is 6.54 Å². The first kappa shape index (κ1) is 19.3. The Hall–Kier alpha value is -3.06. The lowest BCUT2D eigenvalue weighted by atomic mass is 10.1. The molecule has 0 spiro atoms. The number of hydrogen-bond acceptors (Lipinski definition) is 4. The van der Waals surface area contributed by atoms with Gasteiger partial charge in [0.1, 0.15) is 17.0 Å². The first-order valence-corrected chi connectivity index (χ1v) is 9.82. The number of hydrogen-bond donors (Lipinski definition) is 0. The molecular weight excluding hydrogens is 371 g/mol. The summed E-state index contributed by atoms with van der Waals surface area (Å²) in [4.78, 5) is 34.7. The molecule has 1 saturated heterocycles. The summed E-state index contributed by atoms with van der Waals surface area (Å²) in [7, 11) is 0. The van der Waals surface area contributed by atoms with Gasteiger partial charge in [0, 0.05) is 43.3 Å². The van der Waals surface area contributed by atoms with Crippen molar-refractivity contribution in [1.82, 2.24) is 19.4 Å². The van der Waals surface area contributed by atoms with Gasteiger partial charge in [-0.1, -0.05) is 25.1 Å². The summed E-state index contributed by atoms with van der Waals surface area (Å²) in [6.07, 6.45) is 1.59. The van der Waals surface area contributed by atoms with Crippen LogP contribution in [0.1, 0.15) is 22.8 Å². The van der Waals surface area contributed by atoms with Crippen molar-refractivity contribution in [3.8, 4) is 0 Å². The Labute approximate surface area is 168 Å². The van der Waals surface area contributed by atoms with E-state index < -0.39 is 11.4 Å². The predicted molar refractivity (Wildman–Crippen MR) is 110 cm³/mol. The van der Waals surface area contributed by atoms with Gasteiger partial charge in [0.15, 0.2) is 0 Å². The molecule has 2 aromatic heterocycles. The van der Waals surface area contributed by atoms with E-state index in [0.717, 1.165) is 19.6 Å². The van der Waals surface area contributed by atoms with Crippen LogP contribution >= 0.6 is 0 Å². The van der Waals surface area contributed by atoms with Crippen LogP contribution < -0.4 is 5.56 Å². The van der Waals surface area contributed by atoms with Crippen LogP contribution in [0.2, 0.25) is 0 Å². The summed E-state index contributed by atoms with van der Waals surface area (Å²) in [6, 6.07) is 11.5. The second-order valence-electron chi connectivity index (χ2n) is 7.18. The van der Waals surface area contributed by atoms with Gasteiger partial charge in [-0.3, -0.25) is 14.2 Å². The lowest BCUT2D eigenvalue weighted by molar-refractivity contribution is 0.0641. The average molecular weight is 394 g/mol. The summed E-state index contributed by atoms with van der Waals surface area (Å²) in [5, 5.41) is 0.680. The number of aromatic nitrogens is 2. The molecule has 1 aromatic carbocycles. The van der Waals surface area contributed by atoms with Gasteiger partial charge in [-0.15, -0.1) is 0 Å². The van der Waals surface area contributed by atoms with E-state index in [0.29, 0.717) is 29.7 Å². The molecule has 0 N–H and O–H groups in total. The molecule has 6 nitrogen and oxygen atoms in total. The Morgan fingerprint density at radius 3 is 2.59 bits per heavy atom. The normalized spacial score (nSPS) is 15.0. The van der Waals surface area contributed by atoms with Gasteiger partial charge < -0.3 is 9.80 Å². The van der Waals surface area contributed by atoms with Crippen LogP contribution in [0.15, 0.2) is 53.5 Å². The number of amides is 1. The van der Waals surface area contributed by atoms with Crippen LogP contribution in [0.5, 0.6) is 0 Å². The maximum atomic E-state index is 14.2. The minimum absolute atomic E-state index is 0.0176. The molecule has 1 aliphatic rings. The first-order chi connectivity index (χ1) is 14.1. The van der Waals surface area contributed by atoms with Crippen molar-refractivity contribution in [2.75, 3.05) is 32.7 Å². The number of halogens is 1. The zero-order chi connectivity index (χ0) is 20.4. The molecule has 3 aromatic rings. The molecule has 1 aliphatic heterocycles. The minimum Gasteiger partial charge on any atom is -0.336 e. The largest absolute Gasteiger partial charge is 0.336 e. The van der Waals surface area contributed by atoms with Crippen molar-refractivity contribution in [2.24, 2.45) is 0 Å². The van der Waals surface area contributed by atoms with Gasteiger partial charge in [0.25, 0.3) is 11.5 Å². The average Bonchev–Trinajstić information content (AvgIpc) is 2.76. The van der Waals surface area contributed by atoms with E-state index >= 15 is 0 Å². The van der Waals surface area contributed by atoms with Gasteiger partial charge >= 0.3 is 0 Å². The van der Waals surface area contributed by atoms with E-state index in [2.05, 4.69) is 16.8 Å². The molecule has 3 heterocycles. The number of fused-ring (bicyclic) bond motifs is 1. The summed E-state index contributed by atoms with van der Waals surface area (Å²) in [6.45, 7) is 5.81. The number of nitrogens with zero attached hydrogens (tertiary/aromatic N) is 4. The number of carbonyl (C=O) groups is 1. The first-order valence-electron chi connectivity index (χ1n) is 9.82. The minimum atomic E-state index is -0.442. The highest BCUT2D eigenvalue weighted by atomic mass is 19.1. The summed E-state index contributed by atoms with van der Waals surface area (Å²) < 4.78 is 15.6. The lowest BCUT2D eigenvalue weighted by Crippen LogP contribution is -2.49. The zero-order valence-electron chi connectivity index (χ0n) is 16.3. The van der Waals surface area contributed by atoms with Crippen LogP contribution in [-0.4, -0.2) is 58.0 Å². The Kier molecular flexibility index (Phi) is 5.40. The predicted octanol–water partition coefficient (Wildman–Crippen LogP) is 2.36. The molecule has 4 rings (SSSR count). The van der Waals surface area contributed by atoms with Crippen LogP contribution in [-0.2, 0) is 6.54 Å². The van der Waals surface area contributed by atoms with Crippen molar-refractivity contribution < 1.29 is 9.18 Å². The summed E-state index contributed by atoms with van der Waals surface area (Å²) in [5.41, 5.74) is 0.477. The molecule has 0 bridgehead atoms. The van der Waals surface area contributed by atoms with Gasteiger partial charge in [-0.25, -0.2) is 9.37 Å². The molecular formula is C22H23FN4O2. The Bertz CT molecular complexity index is 1100. The van der Waals surface area contributed by atoms with E-state index in [1.54, 1.807) is 41.4 Å². The molecule has 0 aliphatic carbocycles. The number of pyridine rings is 2. The SMILES string of the molecule is CCN1CCN(C(=O)c2cc3cccnc3n(Cc3ccccc3F)c2=O)CC1. The van der Waals surface area contributed by atoms with Gasteiger partial charge in [0.2, 0.25) is 0 Å². The van der Waals surface area contributed by atoms with E-state index in [4.69, 9.17) is 0 Å². The van der Waals surface area contributed by atoms with Crippen LogP contribution in [0.4, 0.5) is 4.39 Å². The number of likely N-dealkylation sites (N-methyl/N-ethyl adjacent to an activating group) is 1. The highest BCUT2D eigenvalue weighted by molar-refractivity contribution is 5.97. The van der Waals surface area contributed by atoms with Crippen LogP contribution in [0.3, 0.4) is 0 Å².